The summed E-state index contributed by atoms with van der Waals surface area (Å²) in [5.74, 6) is -0.594. The average molecular weight is 339 g/mol. The van der Waals surface area contributed by atoms with Crippen LogP contribution in [-0.4, -0.2) is 27.7 Å². The van der Waals surface area contributed by atoms with Crippen molar-refractivity contribution >= 4 is 0 Å². The second-order valence-corrected chi connectivity index (χ2v) is 5.75. The summed E-state index contributed by atoms with van der Waals surface area (Å²) < 4.78 is 39.5. The number of piperidine rings is 1. The minimum Gasteiger partial charge on any atom is -0.507 e. The maximum absolute atomic E-state index is 12.7. The molecular weight excluding hydrogens is 323 g/mol. The highest BCUT2D eigenvalue weighted by atomic mass is 19.4. The smallest absolute Gasteiger partial charge is 0.416 e. The lowest BCUT2D eigenvalue weighted by atomic mass is 10.0. The molecule has 2 heterocycles. The molecule has 0 spiro atoms. The van der Waals surface area contributed by atoms with Gasteiger partial charge in [0.05, 0.1) is 23.5 Å². The van der Waals surface area contributed by atoms with E-state index in [1.165, 1.54) is 17.1 Å². The number of phenolic OH excluding ortho intramolecular Hbond substituents is 1. The first-order chi connectivity index (χ1) is 11.4. The molecule has 0 aliphatic carbocycles. The fourth-order valence-corrected chi connectivity index (χ4v) is 2.88. The van der Waals surface area contributed by atoms with Crippen molar-refractivity contribution in [1.29, 1.82) is 0 Å². The molecule has 1 aromatic heterocycles. The number of aromatic nitrogens is 2. The minimum absolute atomic E-state index is 0.0404. The molecule has 1 aliphatic rings. The van der Waals surface area contributed by atoms with Gasteiger partial charge in [0.15, 0.2) is 0 Å². The first kappa shape index (κ1) is 16.5. The fraction of sp³-hybridized carbons (Fsp3) is 0.375. The normalized spacial score (nSPS) is 18.5. The molecular formula is C16H16F3N3O2. The number of rotatable bonds is 2. The highest BCUT2D eigenvalue weighted by molar-refractivity contribution is 5.69. The number of benzene rings is 1. The van der Waals surface area contributed by atoms with Crippen LogP contribution >= 0.6 is 0 Å². The Bertz CT molecular complexity index is 796. The van der Waals surface area contributed by atoms with Crippen LogP contribution in [0.2, 0.25) is 0 Å². The quantitative estimate of drug-likeness (QED) is 0.882. The van der Waals surface area contributed by atoms with Crippen molar-refractivity contribution in [3.8, 4) is 16.9 Å². The highest BCUT2D eigenvalue weighted by Gasteiger charge is 2.31. The summed E-state index contributed by atoms with van der Waals surface area (Å²) in [6.07, 6.45) is -0.134. The lowest BCUT2D eigenvalue weighted by molar-refractivity contribution is -0.137. The largest absolute Gasteiger partial charge is 0.507 e. The van der Waals surface area contributed by atoms with Gasteiger partial charge in [-0.2, -0.15) is 13.2 Å². The summed E-state index contributed by atoms with van der Waals surface area (Å²) in [6, 6.07) is 2.50. The number of nitrogens with one attached hydrogen (secondary N) is 1. The summed E-state index contributed by atoms with van der Waals surface area (Å²) in [5, 5.41) is 13.1. The zero-order chi connectivity index (χ0) is 17.3. The van der Waals surface area contributed by atoms with Gasteiger partial charge >= 0.3 is 6.18 Å². The third-order valence-electron chi connectivity index (χ3n) is 4.14. The number of hydrogen-bond acceptors (Lipinski definition) is 4. The van der Waals surface area contributed by atoms with E-state index in [-0.39, 0.29) is 22.7 Å². The monoisotopic (exact) mass is 339 g/mol. The SMILES string of the molecule is O=c1c(-c2ccc(C(F)(F)F)cc2O)cncn1[C@H]1CCCNC1. The molecule has 2 N–H and O–H groups in total. The third-order valence-corrected chi connectivity index (χ3v) is 4.14. The Morgan fingerprint density at radius 2 is 2.08 bits per heavy atom. The lowest BCUT2D eigenvalue weighted by Crippen LogP contribution is -2.36. The van der Waals surface area contributed by atoms with Gasteiger partial charge in [-0.1, -0.05) is 0 Å². The van der Waals surface area contributed by atoms with Crippen molar-refractivity contribution in [2.75, 3.05) is 13.1 Å². The van der Waals surface area contributed by atoms with E-state index >= 15 is 0 Å². The number of nitrogens with zero attached hydrogens (tertiary/aromatic N) is 2. The van der Waals surface area contributed by atoms with Gasteiger partial charge in [-0.25, -0.2) is 4.98 Å². The van der Waals surface area contributed by atoms with Crippen LogP contribution in [0.3, 0.4) is 0 Å². The Labute approximate surface area is 135 Å². The molecule has 0 amide bonds. The Morgan fingerprint density at radius 3 is 2.71 bits per heavy atom. The van der Waals surface area contributed by atoms with E-state index in [1.54, 1.807) is 0 Å². The predicted octanol–water partition coefficient (Wildman–Crippen LogP) is 2.56. The summed E-state index contributed by atoms with van der Waals surface area (Å²) in [4.78, 5) is 16.7. The Kier molecular flexibility index (Phi) is 4.31. The van der Waals surface area contributed by atoms with Crippen molar-refractivity contribution in [3.05, 3.63) is 46.6 Å². The van der Waals surface area contributed by atoms with Crippen molar-refractivity contribution in [2.24, 2.45) is 0 Å². The predicted molar refractivity (Wildman–Crippen MR) is 81.7 cm³/mol. The zero-order valence-electron chi connectivity index (χ0n) is 12.7. The lowest BCUT2D eigenvalue weighted by Gasteiger charge is -2.24. The van der Waals surface area contributed by atoms with Gasteiger partial charge in [0.1, 0.15) is 5.75 Å². The van der Waals surface area contributed by atoms with Crippen LogP contribution in [0, 0.1) is 0 Å². The van der Waals surface area contributed by atoms with Crippen molar-refractivity contribution in [1.82, 2.24) is 14.9 Å². The first-order valence-electron chi connectivity index (χ1n) is 7.55. The summed E-state index contributed by atoms with van der Waals surface area (Å²) in [7, 11) is 0. The zero-order valence-corrected chi connectivity index (χ0v) is 12.7. The van der Waals surface area contributed by atoms with Crippen molar-refractivity contribution < 1.29 is 18.3 Å². The van der Waals surface area contributed by atoms with Crippen LogP contribution in [0.15, 0.2) is 35.5 Å². The molecule has 0 unspecified atom stereocenters. The number of aromatic hydroxyl groups is 1. The van der Waals surface area contributed by atoms with Crippen LogP contribution in [0.5, 0.6) is 5.75 Å². The Balaban J connectivity index is 2.03. The van der Waals surface area contributed by atoms with Gasteiger partial charge in [0, 0.05) is 18.3 Å². The third kappa shape index (κ3) is 3.14. The molecule has 8 heteroatoms. The minimum atomic E-state index is -4.56. The van der Waals surface area contributed by atoms with Gasteiger partial charge in [-0.05, 0) is 37.6 Å². The van der Waals surface area contributed by atoms with E-state index < -0.39 is 17.5 Å². The van der Waals surface area contributed by atoms with Gasteiger partial charge in [0.25, 0.3) is 5.56 Å². The van der Waals surface area contributed by atoms with Crippen LogP contribution in [0.25, 0.3) is 11.1 Å². The van der Waals surface area contributed by atoms with E-state index in [4.69, 9.17) is 0 Å². The van der Waals surface area contributed by atoms with Crippen LogP contribution in [0.1, 0.15) is 24.4 Å². The second kappa shape index (κ2) is 6.27. The molecule has 5 nitrogen and oxygen atoms in total. The number of halogens is 3. The molecule has 1 saturated heterocycles. The topological polar surface area (TPSA) is 67.1 Å². The number of hydrogen-bond donors (Lipinski definition) is 2. The first-order valence-corrected chi connectivity index (χ1v) is 7.55. The van der Waals surface area contributed by atoms with E-state index in [0.29, 0.717) is 12.6 Å². The summed E-state index contributed by atoms with van der Waals surface area (Å²) in [6.45, 7) is 1.52. The van der Waals surface area contributed by atoms with Crippen LogP contribution in [0.4, 0.5) is 13.2 Å². The number of alkyl halides is 3. The van der Waals surface area contributed by atoms with Gasteiger partial charge in [-0.3, -0.25) is 9.36 Å². The molecule has 1 atom stereocenters. The van der Waals surface area contributed by atoms with Gasteiger partial charge in [-0.15, -0.1) is 0 Å². The second-order valence-electron chi connectivity index (χ2n) is 5.75. The van der Waals surface area contributed by atoms with E-state index in [0.717, 1.165) is 31.5 Å². The average Bonchev–Trinajstić information content (AvgIpc) is 2.55. The maximum atomic E-state index is 12.7. The van der Waals surface area contributed by atoms with Crippen LogP contribution in [-0.2, 0) is 6.18 Å². The molecule has 1 aliphatic heterocycles. The fourth-order valence-electron chi connectivity index (χ4n) is 2.88. The maximum Gasteiger partial charge on any atom is 0.416 e. The molecule has 3 rings (SSSR count). The van der Waals surface area contributed by atoms with E-state index in [1.807, 2.05) is 0 Å². The molecule has 128 valence electrons. The van der Waals surface area contributed by atoms with E-state index in [2.05, 4.69) is 10.3 Å². The summed E-state index contributed by atoms with van der Waals surface area (Å²) >= 11 is 0. The molecule has 1 aromatic carbocycles. The van der Waals surface area contributed by atoms with Crippen molar-refractivity contribution in [2.45, 2.75) is 25.1 Å². The molecule has 24 heavy (non-hydrogen) atoms. The summed E-state index contributed by atoms with van der Waals surface area (Å²) in [5.41, 5.74) is -1.23. The molecule has 0 saturated carbocycles. The molecule has 0 bridgehead atoms. The Morgan fingerprint density at radius 1 is 1.29 bits per heavy atom. The number of phenols is 1. The van der Waals surface area contributed by atoms with Crippen LogP contribution < -0.4 is 10.9 Å². The Hall–Kier alpha value is -2.35. The van der Waals surface area contributed by atoms with Gasteiger partial charge in [0.2, 0.25) is 0 Å². The van der Waals surface area contributed by atoms with E-state index in [9.17, 15) is 23.1 Å². The molecule has 1 fully saturated rings. The highest BCUT2D eigenvalue weighted by Crippen LogP contribution is 2.35. The standard InChI is InChI=1S/C16H16F3N3O2/c17-16(18,19)10-3-4-12(14(23)6-10)13-8-21-9-22(15(13)24)11-2-1-5-20-7-11/h3-4,6,8-9,11,20,23H,1-2,5,7H2/t11-/m0/s1. The molecule has 2 aromatic rings. The molecule has 0 radical (unpaired) electrons. The van der Waals surface area contributed by atoms with Crippen molar-refractivity contribution in [3.63, 3.8) is 0 Å². The van der Waals surface area contributed by atoms with Gasteiger partial charge < -0.3 is 10.4 Å².